The molecule has 0 aliphatic rings. The summed E-state index contributed by atoms with van der Waals surface area (Å²) >= 11 is 0. The first-order valence-electron chi connectivity index (χ1n) is 7.15. The highest BCUT2D eigenvalue weighted by Gasteiger charge is 2.09. The minimum Gasteiger partial charge on any atom is -0.389 e. The van der Waals surface area contributed by atoms with Crippen molar-refractivity contribution in [3.05, 3.63) is 12.3 Å². The van der Waals surface area contributed by atoms with Crippen molar-refractivity contribution in [2.75, 3.05) is 20.1 Å². The Balaban J connectivity index is 3.69. The summed E-state index contributed by atoms with van der Waals surface area (Å²) in [6.07, 6.45) is 4.93. The van der Waals surface area contributed by atoms with Crippen LogP contribution in [-0.4, -0.2) is 31.1 Å². The molecule has 0 aromatic heterocycles. The minimum absolute atomic E-state index is 0.586. The number of hydrogen-bond donors (Lipinski definition) is 1. The third kappa shape index (κ3) is 7.43. The van der Waals surface area contributed by atoms with E-state index in [4.69, 9.17) is 0 Å². The summed E-state index contributed by atoms with van der Waals surface area (Å²) in [5.74, 6) is 0.586. The molecule has 2 unspecified atom stereocenters. The van der Waals surface area contributed by atoms with Gasteiger partial charge < -0.3 is 10.2 Å². The van der Waals surface area contributed by atoms with E-state index in [1.807, 2.05) is 0 Å². The molecule has 102 valence electrons. The molecule has 0 spiro atoms. The van der Waals surface area contributed by atoms with Crippen molar-refractivity contribution in [1.82, 2.24) is 10.2 Å². The molecular weight excluding hydrogens is 208 g/mol. The Morgan fingerprint density at radius 3 is 2.47 bits per heavy atom. The quantitative estimate of drug-likeness (QED) is 0.627. The van der Waals surface area contributed by atoms with Crippen molar-refractivity contribution in [3.63, 3.8) is 0 Å². The van der Waals surface area contributed by atoms with Crippen LogP contribution in [0.1, 0.15) is 53.4 Å². The first-order chi connectivity index (χ1) is 8.02. The van der Waals surface area contributed by atoms with Crippen LogP contribution in [0.3, 0.4) is 0 Å². The molecule has 0 aromatic carbocycles. The second-order valence-corrected chi connectivity index (χ2v) is 5.23. The SMILES string of the molecule is C=C(NCCC(C)N(C)CCCC)C(C)CC. The van der Waals surface area contributed by atoms with E-state index >= 15 is 0 Å². The Morgan fingerprint density at radius 1 is 1.29 bits per heavy atom. The van der Waals surface area contributed by atoms with Crippen molar-refractivity contribution >= 4 is 0 Å². The number of nitrogens with one attached hydrogen (secondary N) is 1. The lowest BCUT2D eigenvalue weighted by molar-refractivity contribution is 0.242. The maximum atomic E-state index is 4.09. The van der Waals surface area contributed by atoms with Gasteiger partial charge in [0.15, 0.2) is 0 Å². The van der Waals surface area contributed by atoms with Crippen LogP contribution in [0.15, 0.2) is 12.3 Å². The maximum absolute atomic E-state index is 4.09. The average molecular weight is 240 g/mol. The van der Waals surface area contributed by atoms with Crippen LogP contribution in [0.25, 0.3) is 0 Å². The van der Waals surface area contributed by atoms with Crippen LogP contribution < -0.4 is 5.32 Å². The second-order valence-electron chi connectivity index (χ2n) is 5.23. The topological polar surface area (TPSA) is 15.3 Å². The Labute approximate surface area is 108 Å². The molecule has 2 heteroatoms. The zero-order chi connectivity index (χ0) is 13.3. The van der Waals surface area contributed by atoms with E-state index in [0.29, 0.717) is 12.0 Å². The Kier molecular flexibility index (Phi) is 9.24. The van der Waals surface area contributed by atoms with Crippen LogP contribution in [0.4, 0.5) is 0 Å². The Bertz CT molecular complexity index is 201. The van der Waals surface area contributed by atoms with Crippen LogP contribution >= 0.6 is 0 Å². The molecule has 0 aromatic rings. The maximum Gasteiger partial charge on any atom is 0.0158 e. The highest BCUT2D eigenvalue weighted by molar-refractivity contribution is 4.95. The van der Waals surface area contributed by atoms with Gasteiger partial charge in [0.05, 0.1) is 0 Å². The summed E-state index contributed by atoms with van der Waals surface area (Å²) in [5.41, 5.74) is 1.19. The molecule has 0 radical (unpaired) electrons. The molecule has 0 saturated carbocycles. The lowest BCUT2D eigenvalue weighted by Gasteiger charge is -2.25. The molecule has 0 aliphatic heterocycles. The first kappa shape index (κ1) is 16.5. The van der Waals surface area contributed by atoms with Crippen molar-refractivity contribution in [1.29, 1.82) is 0 Å². The predicted octanol–water partition coefficient (Wildman–Crippen LogP) is 3.65. The molecule has 0 bridgehead atoms. The largest absolute Gasteiger partial charge is 0.389 e. The Hall–Kier alpha value is -0.500. The number of rotatable bonds is 10. The van der Waals surface area contributed by atoms with Gasteiger partial charge in [-0.25, -0.2) is 0 Å². The van der Waals surface area contributed by atoms with E-state index < -0.39 is 0 Å². The van der Waals surface area contributed by atoms with Crippen LogP contribution in [0.5, 0.6) is 0 Å². The van der Waals surface area contributed by atoms with Gasteiger partial charge in [0, 0.05) is 18.3 Å². The monoisotopic (exact) mass is 240 g/mol. The second kappa shape index (κ2) is 9.52. The zero-order valence-corrected chi connectivity index (χ0v) is 12.6. The van der Waals surface area contributed by atoms with Gasteiger partial charge in [-0.3, -0.25) is 0 Å². The number of unbranched alkanes of at least 4 members (excludes halogenated alkanes) is 1. The van der Waals surface area contributed by atoms with Gasteiger partial charge in [0.1, 0.15) is 0 Å². The minimum atomic E-state index is 0.586. The summed E-state index contributed by atoms with van der Waals surface area (Å²) in [6.45, 7) is 15.3. The summed E-state index contributed by atoms with van der Waals surface area (Å²) in [6, 6.07) is 0.652. The summed E-state index contributed by atoms with van der Waals surface area (Å²) < 4.78 is 0. The van der Waals surface area contributed by atoms with Crippen LogP contribution in [0, 0.1) is 5.92 Å². The van der Waals surface area contributed by atoms with Gasteiger partial charge in [0.2, 0.25) is 0 Å². The van der Waals surface area contributed by atoms with Gasteiger partial charge in [-0.1, -0.05) is 33.8 Å². The predicted molar refractivity (Wildman–Crippen MR) is 78.2 cm³/mol. The molecule has 17 heavy (non-hydrogen) atoms. The molecule has 0 aliphatic carbocycles. The Morgan fingerprint density at radius 2 is 1.94 bits per heavy atom. The molecular formula is C15H32N2. The standard InChI is InChI=1S/C15H32N2/c1-7-9-12-17(6)14(4)10-11-16-15(5)13(3)8-2/h13-14,16H,5,7-12H2,1-4,6H3. The fraction of sp³-hybridized carbons (Fsp3) is 0.867. The third-order valence-electron chi connectivity index (χ3n) is 3.74. The van der Waals surface area contributed by atoms with Crippen molar-refractivity contribution in [2.24, 2.45) is 5.92 Å². The van der Waals surface area contributed by atoms with E-state index in [-0.39, 0.29) is 0 Å². The molecule has 0 fully saturated rings. The molecule has 0 saturated heterocycles. The summed E-state index contributed by atoms with van der Waals surface area (Å²) in [5, 5.41) is 3.45. The lowest BCUT2D eigenvalue weighted by Crippen LogP contribution is -2.33. The van der Waals surface area contributed by atoms with E-state index in [1.165, 1.54) is 31.5 Å². The van der Waals surface area contributed by atoms with E-state index in [1.54, 1.807) is 0 Å². The molecule has 1 N–H and O–H groups in total. The van der Waals surface area contributed by atoms with Gasteiger partial charge >= 0.3 is 0 Å². The van der Waals surface area contributed by atoms with Crippen LogP contribution in [-0.2, 0) is 0 Å². The van der Waals surface area contributed by atoms with Gasteiger partial charge in [0.25, 0.3) is 0 Å². The van der Waals surface area contributed by atoms with E-state index in [0.717, 1.165) is 13.0 Å². The molecule has 0 rings (SSSR count). The zero-order valence-electron chi connectivity index (χ0n) is 12.6. The van der Waals surface area contributed by atoms with E-state index in [2.05, 4.69) is 51.5 Å². The van der Waals surface area contributed by atoms with E-state index in [9.17, 15) is 0 Å². The highest BCUT2D eigenvalue weighted by Crippen LogP contribution is 2.09. The summed E-state index contributed by atoms with van der Waals surface area (Å²) in [7, 11) is 2.23. The number of hydrogen-bond acceptors (Lipinski definition) is 2. The number of allylic oxidation sites excluding steroid dienone is 1. The van der Waals surface area contributed by atoms with Gasteiger partial charge in [-0.15, -0.1) is 0 Å². The molecule has 0 amide bonds. The van der Waals surface area contributed by atoms with Crippen molar-refractivity contribution in [3.8, 4) is 0 Å². The highest BCUT2D eigenvalue weighted by atomic mass is 15.1. The molecule has 2 nitrogen and oxygen atoms in total. The number of nitrogens with zero attached hydrogens (tertiary/aromatic N) is 1. The van der Waals surface area contributed by atoms with Crippen LogP contribution in [0.2, 0.25) is 0 Å². The first-order valence-corrected chi connectivity index (χ1v) is 7.15. The normalized spacial score (nSPS) is 14.7. The molecule has 2 atom stereocenters. The average Bonchev–Trinajstić information content (AvgIpc) is 2.34. The third-order valence-corrected chi connectivity index (χ3v) is 3.74. The fourth-order valence-electron chi connectivity index (χ4n) is 1.71. The molecule has 0 heterocycles. The van der Waals surface area contributed by atoms with Gasteiger partial charge in [-0.05, 0) is 45.7 Å². The summed E-state index contributed by atoms with van der Waals surface area (Å²) in [4.78, 5) is 2.46. The van der Waals surface area contributed by atoms with Crippen molar-refractivity contribution in [2.45, 2.75) is 59.4 Å². The fourth-order valence-corrected chi connectivity index (χ4v) is 1.71. The van der Waals surface area contributed by atoms with Crippen molar-refractivity contribution < 1.29 is 0 Å². The smallest absolute Gasteiger partial charge is 0.0158 e. The van der Waals surface area contributed by atoms with Gasteiger partial charge in [-0.2, -0.15) is 0 Å². The lowest BCUT2D eigenvalue weighted by atomic mass is 10.1.